The van der Waals surface area contributed by atoms with Crippen molar-refractivity contribution in [3.63, 3.8) is 0 Å². The van der Waals surface area contributed by atoms with Gasteiger partial charge >= 0.3 is 0 Å². The molecule has 0 unspecified atom stereocenters. The van der Waals surface area contributed by atoms with Gasteiger partial charge in [0.25, 0.3) is 0 Å². The Morgan fingerprint density at radius 1 is 0.786 bits per heavy atom. The molecular weight excluding hydrogens is 390 g/mol. The molecule has 2 saturated carbocycles. The maximum atomic E-state index is 13.2. The zero-order chi connectivity index (χ0) is 19.0. The summed E-state index contributed by atoms with van der Waals surface area (Å²) in [6, 6.07) is 15.4. The van der Waals surface area contributed by atoms with Crippen LogP contribution in [0.1, 0.15) is 6.42 Å². The number of halogens is 1. The normalized spacial score (nSPS) is 34.5. The molecule has 4 aliphatic carbocycles. The van der Waals surface area contributed by atoms with Crippen molar-refractivity contribution in [2.45, 2.75) is 16.2 Å². The molecule has 2 bridgehead atoms. The Kier molecular flexibility index (Phi) is 3.60. The highest BCUT2D eigenvalue weighted by Gasteiger charge is 2.67. The van der Waals surface area contributed by atoms with Gasteiger partial charge in [-0.1, -0.05) is 35.5 Å². The van der Waals surface area contributed by atoms with Gasteiger partial charge in [-0.3, -0.25) is 14.5 Å². The molecule has 1 heterocycles. The Morgan fingerprint density at radius 3 is 1.82 bits per heavy atom. The molecule has 2 amide bonds. The third-order valence-corrected chi connectivity index (χ3v) is 8.07. The van der Waals surface area contributed by atoms with E-state index in [1.54, 1.807) is 11.8 Å². The predicted octanol–water partition coefficient (Wildman–Crippen LogP) is 5.05. The lowest BCUT2D eigenvalue weighted by Gasteiger charge is -2.37. The summed E-state index contributed by atoms with van der Waals surface area (Å²) in [6.45, 7) is 0. The minimum absolute atomic E-state index is 0.00203. The molecule has 5 aliphatic rings. The summed E-state index contributed by atoms with van der Waals surface area (Å²) in [6.07, 6.45) is 5.60. The Balaban J connectivity index is 1.26. The van der Waals surface area contributed by atoms with E-state index >= 15 is 0 Å². The summed E-state index contributed by atoms with van der Waals surface area (Å²) in [4.78, 5) is 29.9. The van der Waals surface area contributed by atoms with E-state index in [4.69, 9.17) is 11.6 Å². The molecule has 1 aliphatic heterocycles. The number of carbonyl (C=O) groups is 2. The molecule has 3 fully saturated rings. The minimum Gasteiger partial charge on any atom is -0.274 e. The van der Waals surface area contributed by atoms with Gasteiger partial charge in [0.2, 0.25) is 11.8 Å². The predicted molar refractivity (Wildman–Crippen MR) is 109 cm³/mol. The number of benzene rings is 2. The summed E-state index contributed by atoms with van der Waals surface area (Å²) in [5.41, 5.74) is 0.693. The van der Waals surface area contributed by atoms with Crippen LogP contribution in [0.15, 0.2) is 70.5 Å². The van der Waals surface area contributed by atoms with Gasteiger partial charge in [-0.15, -0.1) is 0 Å². The largest absolute Gasteiger partial charge is 0.274 e. The van der Waals surface area contributed by atoms with Gasteiger partial charge in [-0.25, -0.2) is 0 Å². The van der Waals surface area contributed by atoms with E-state index in [-0.39, 0.29) is 35.5 Å². The third kappa shape index (κ3) is 2.37. The Labute approximate surface area is 172 Å². The first-order valence-corrected chi connectivity index (χ1v) is 10.9. The van der Waals surface area contributed by atoms with Crippen molar-refractivity contribution in [3.05, 3.63) is 65.7 Å². The molecule has 28 heavy (non-hydrogen) atoms. The van der Waals surface area contributed by atoms with E-state index in [1.165, 1.54) is 11.3 Å². The molecule has 0 aromatic heterocycles. The molecule has 2 aromatic carbocycles. The van der Waals surface area contributed by atoms with Gasteiger partial charge in [-0.05, 0) is 78.6 Å². The van der Waals surface area contributed by atoms with Gasteiger partial charge in [-0.2, -0.15) is 0 Å². The van der Waals surface area contributed by atoms with E-state index in [9.17, 15) is 9.59 Å². The Hall–Kier alpha value is -2.04. The lowest BCUT2D eigenvalue weighted by molar-refractivity contribution is -0.124. The second-order valence-corrected chi connectivity index (χ2v) is 9.80. The zero-order valence-corrected chi connectivity index (χ0v) is 16.6. The third-order valence-electron chi connectivity index (χ3n) is 6.81. The van der Waals surface area contributed by atoms with Crippen molar-refractivity contribution in [2.24, 2.45) is 35.5 Å². The number of hydrogen-bond donors (Lipinski definition) is 0. The molecule has 0 spiro atoms. The molecule has 5 heteroatoms. The first-order valence-electron chi connectivity index (χ1n) is 9.71. The minimum atomic E-state index is -0.144. The van der Waals surface area contributed by atoms with Crippen LogP contribution in [0.25, 0.3) is 0 Å². The number of nitrogens with zero attached hydrogens (tertiary/aromatic N) is 1. The summed E-state index contributed by atoms with van der Waals surface area (Å²) < 4.78 is 0. The molecule has 6 atom stereocenters. The lowest BCUT2D eigenvalue weighted by Crippen LogP contribution is -2.40. The second-order valence-electron chi connectivity index (χ2n) is 8.22. The maximum Gasteiger partial charge on any atom is 0.238 e. The van der Waals surface area contributed by atoms with Crippen LogP contribution >= 0.6 is 23.4 Å². The highest BCUT2D eigenvalue weighted by Crippen LogP contribution is 2.65. The maximum absolute atomic E-state index is 13.2. The fraction of sp³-hybridized carbons (Fsp3) is 0.304. The van der Waals surface area contributed by atoms with E-state index in [0.29, 0.717) is 22.5 Å². The smallest absolute Gasteiger partial charge is 0.238 e. The van der Waals surface area contributed by atoms with Crippen LogP contribution in [0.4, 0.5) is 5.69 Å². The van der Waals surface area contributed by atoms with Crippen LogP contribution in [0.3, 0.4) is 0 Å². The second kappa shape index (κ2) is 5.98. The van der Waals surface area contributed by atoms with Gasteiger partial charge in [0, 0.05) is 14.8 Å². The van der Waals surface area contributed by atoms with Crippen LogP contribution in [0.5, 0.6) is 0 Å². The van der Waals surface area contributed by atoms with Gasteiger partial charge in [0.15, 0.2) is 0 Å². The molecule has 1 saturated heterocycles. The number of anilines is 1. The van der Waals surface area contributed by atoms with Crippen molar-refractivity contribution in [3.8, 4) is 0 Å². The number of rotatable bonds is 3. The Morgan fingerprint density at radius 2 is 1.29 bits per heavy atom. The van der Waals surface area contributed by atoms with Crippen molar-refractivity contribution < 1.29 is 9.59 Å². The topological polar surface area (TPSA) is 37.4 Å². The van der Waals surface area contributed by atoms with E-state index < -0.39 is 0 Å². The first-order chi connectivity index (χ1) is 13.6. The average molecular weight is 408 g/mol. The van der Waals surface area contributed by atoms with E-state index in [0.717, 1.165) is 9.79 Å². The zero-order valence-electron chi connectivity index (χ0n) is 15.0. The number of carbonyl (C=O) groups excluding carboxylic acids is 2. The van der Waals surface area contributed by atoms with E-state index in [2.05, 4.69) is 12.2 Å². The number of imide groups is 1. The van der Waals surface area contributed by atoms with Crippen molar-refractivity contribution in [1.82, 2.24) is 0 Å². The lowest BCUT2D eigenvalue weighted by atomic mass is 9.63. The van der Waals surface area contributed by atoms with Crippen LogP contribution in [-0.4, -0.2) is 11.8 Å². The average Bonchev–Trinajstić information content (AvgIpc) is 3.49. The number of amides is 2. The van der Waals surface area contributed by atoms with Crippen molar-refractivity contribution in [1.29, 1.82) is 0 Å². The van der Waals surface area contributed by atoms with Gasteiger partial charge in [0.05, 0.1) is 17.5 Å². The molecule has 3 nitrogen and oxygen atoms in total. The van der Waals surface area contributed by atoms with Crippen LogP contribution in [-0.2, 0) is 9.59 Å². The van der Waals surface area contributed by atoms with Crippen LogP contribution in [0.2, 0.25) is 5.02 Å². The van der Waals surface area contributed by atoms with Crippen molar-refractivity contribution in [2.75, 3.05) is 4.90 Å². The molecular formula is C23H18ClNO2S. The molecule has 2 aromatic rings. The standard InChI is InChI=1S/C23H18ClNO2S/c24-12-1-5-14(6-2-12)28-15-7-3-13(4-8-15)25-22(26)20-16-9-10-17(19-11-18(16)19)21(20)23(25)27/h1-10,16-21H,11H2/t16-,17-,18-,19-,20-,21+/m0/s1. The van der Waals surface area contributed by atoms with Crippen LogP contribution < -0.4 is 4.90 Å². The van der Waals surface area contributed by atoms with Crippen LogP contribution in [0, 0.1) is 35.5 Å². The monoisotopic (exact) mass is 407 g/mol. The van der Waals surface area contributed by atoms with E-state index in [1.807, 2.05) is 48.5 Å². The molecule has 7 rings (SSSR count). The SMILES string of the molecule is O=C1[C@@H]2[C@H]3C=C[C@@H]([C@@H]4C[C@@H]34)[C@@H]2C(=O)N1c1ccc(Sc2ccc(Cl)cc2)cc1. The molecule has 0 N–H and O–H groups in total. The Bertz CT molecular complexity index is 980. The summed E-state index contributed by atoms with van der Waals surface area (Å²) in [5, 5.41) is 0.716. The van der Waals surface area contributed by atoms with Gasteiger partial charge in [0.1, 0.15) is 0 Å². The highest BCUT2D eigenvalue weighted by molar-refractivity contribution is 7.99. The number of allylic oxidation sites excluding steroid dienone is 2. The first kappa shape index (κ1) is 16.9. The molecule has 0 radical (unpaired) electrons. The summed E-state index contributed by atoms with van der Waals surface area (Å²) >= 11 is 7.57. The quantitative estimate of drug-likeness (QED) is 0.527. The van der Waals surface area contributed by atoms with Crippen molar-refractivity contribution >= 4 is 40.9 Å². The summed E-state index contributed by atoms with van der Waals surface area (Å²) in [7, 11) is 0. The fourth-order valence-corrected chi connectivity index (χ4v) is 6.46. The van der Waals surface area contributed by atoms with Gasteiger partial charge < -0.3 is 0 Å². The number of hydrogen-bond acceptors (Lipinski definition) is 3. The fourth-order valence-electron chi connectivity index (χ4n) is 5.51. The highest BCUT2D eigenvalue weighted by atomic mass is 35.5. The summed E-state index contributed by atoms with van der Waals surface area (Å²) in [5.74, 6) is 1.50. The molecule has 140 valence electrons.